The summed E-state index contributed by atoms with van der Waals surface area (Å²) in [7, 11) is 0. The molecule has 1 aliphatic rings. The van der Waals surface area contributed by atoms with Gasteiger partial charge in [-0.3, -0.25) is 9.69 Å². The third kappa shape index (κ3) is 5.32. The van der Waals surface area contributed by atoms with Crippen molar-refractivity contribution >= 4 is 12.0 Å². The number of aryl methyl sites for hydroxylation is 1. The maximum Gasteiger partial charge on any atom is 0.407 e. The second kappa shape index (κ2) is 9.51. The first-order valence-electron chi connectivity index (χ1n) is 9.81. The minimum Gasteiger partial charge on any atom is -0.450 e. The van der Waals surface area contributed by atoms with E-state index in [0.717, 1.165) is 5.56 Å². The molecule has 1 N–H and O–H groups in total. The molecule has 1 saturated heterocycles. The molecule has 0 bridgehead atoms. The lowest BCUT2D eigenvalue weighted by Crippen LogP contribution is -2.51. The number of carbonyl (C=O) groups excluding carboxylic acids is 2. The van der Waals surface area contributed by atoms with Crippen LogP contribution in [0.5, 0.6) is 0 Å². The van der Waals surface area contributed by atoms with Crippen molar-refractivity contribution in [1.82, 2.24) is 25.3 Å². The van der Waals surface area contributed by atoms with E-state index in [9.17, 15) is 9.59 Å². The maximum atomic E-state index is 12.2. The van der Waals surface area contributed by atoms with Crippen LogP contribution in [-0.4, -0.2) is 71.3 Å². The van der Waals surface area contributed by atoms with E-state index in [2.05, 4.69) is 20.4 Å². The summed E-state index contributed by atoms with van der Waals surface area (Å²) in [6, 6.07) is 7.94. The Morgan fingerprint density at radius 3 is 2.55 bits per heavy atom. The smallest absolute Gasteiger partial charge is 0.407 e. The summed E-state index contributed by atoms with van der Waals surface area (Å²) in [5.74, 6) is 1.01. The number of ether oxygens (including phenoxy) is 1. The van der Waals surface area contributed by atoms with Crippen LogP contribution in [0.3, 0.4) is 0 Å². The van der Waals surface area contributed by atoms with Gasteiger partial charge in [0.15, 0.2) is 0 Å². The van der Waals surface area contributed by atoms with Crippen LogP contribution in [0.1, 0.15) is 31.3 Å². The number of aromatic nitrogens is 2. The highest BCUT2D eigenvalue weighted by molar-refractivity contribution is 5.82. The first kappa shape index (κ1) is 20.8. The van der Waals surface area contributed by atoms with Gasteiger partial charge in [-0.1, -0.05) is 35.0 Å². The van der Waals surface area contributed by atoms with Gasteiger partial charge in [-0.25, -0.2) is 4.79 Å². The Bertz CT molecular complexity index is 828. The standard InChI is InChI=1S/C20H27N5O4/c1-4-28-20(27)21-13-17(26)25-11-9-24(10-12-25)15(3)19-22-18(23-29-19)16-7-5-14(2)6-8-16/h5-8,15H,4,9-13H2,1-3H3,(H,21,27)/t15-/m1/s1. The second-order valence-electron chi connectivity index (χ2n) is 6.99. The fourth-order valence-electron chi connectivity index (χ4n) is 3.18. The van der Waals surface area contributed by atoms with Crippen LogP contribution >= 0.6 is 0 Å². The van der Waals surface area contributed by atoms with Crippen molar-refractivity contribution in [3.05, 3.63) is 35.7 Å². The molecule has 3 rings (SSSR count). The van der Waals surface area contributed by atoms with Crippen LogP contribution < -0.4 is 5.32 Å². The summed E-state index contributed by atoms with van der Waals surface area (Å²) in [6.07, 6.45) is -0.575. The summed E-state index contributed by atoms with van der Waals surface area (Å²) in [4.78, 5) is 32.0. The molecule has 1 fully saturated rings. The van der Waals surface area contributed by atoms with Crippen LogP contribution in [0.15, 0.2) is 28.8 Å². The fraction of sp³-hybridized carbons (Fsp3) is 0.500. The van der Waals surface area contributed by atoms with Crippen molar-refractivity contribution < 1.29 is 18.8 Å². The Kier molecular flexibility index (Phi) is 6.82. The summed E-state index contributed by atoms with van der Waals surface area (Å²) in [5, 5.41) is 6.56. The molecule has 0 unspecified atom stereocenters. The Morgan fingerprint density at radius 1 is 1.21 bits per heavy atom. The number of nitrogens with zero attached hydrogens (tertiary/aromatic N) is 4. The zero-order valence-electron chi connectivity index (χ0n) is 17.1. The molecule has 1 aromatic carbocycles. The number of piperazine rings is 1. The van der Waals surface area contributed by atoms with Gasteiger partial charge in [0.25, 0.3) is 0 Å². The first-order chi connectivity index (χ1) is 14.0. The summed E-state index contributed by atoms with van der Waals surface area (Å²) in [5.41, 5.74) is 2.10. The van der Waals surface area contributed by atoms with Crippen LogP contribution in [0.25, 0.3) is 11.4 Å². The number of hydrogen-bond donors (Lipinski definition) is 1. The highest BCUT2D eigenvalue weighted by Crippen LogP contribution is 2.23. The zero-order chi connectivity index (χ0) is 20.8. The normalized spacial score (nSPS) is 15.8. The Hall–Kier alpha value is -2.94. The van der Waals surface area contributed by atoms with E-state index in [1.165, 1.54) is 5.56 Å². The van der Waals surface area contributed by atoms with Crippen LogP contribution in [0.4, 0.5) is 4.79 Å². The molecule has 2 heterocycles. The molecule has 1 aromatic heterocycles. The monoisotopic (exact) mass is 401 g/mol. The van der Waals surface area contributed by atoms with Crippen molar-refractivity contribution in [1.29, 1.82) is 0 Å². The number of alkyl carbamates (subject to hydrolysis) is 1. The lowest BCUT2D eigenvalue weighted by molar-refractivity contribution is -0.132. The molecule has 1 aliphatic heterocycles. The average molecular weight is 401 g/mol. The minimum absolute atomic E-state index is 0.0448. The Labute approximate surface area is 170 Å². The van der Waals surface area contributed by atoms with Crippen LogP contribution in [-0.2, 0) is 9.53 Å². The molecule has 156 valence electrons. The molecular formula is C20H27N5O4. The van der Waals surface area contributed by atoms with Gasteiger partial charge >= 0.3 is 6.09 Å². The van der Waals surface area contributed by atoms with E-state index < -0.39 is 6.09 Å². The van der Waals surface area contributed by atoms with Gasteiger partial charge in [-0.15, -0.1) is 0 Å². The van der Waals surface area contributed by atoms with Crippen molar-refractivity contribution in [3.8, 4) is 11.4 Å². The van der Waals surface area contributed by atoms with E-state index in [1.54, 1.807) is 11.8 Å². The lowest BCUT2D eigenvalue weighted by Gasteiger charge is -2.36. The predicted molar refractivity (Wildman–Crippen MR) is 106 cm³/mol. The maximum absolute atomic E-state index is 12.2. The third-order valence-corrected chi connectivity index (χ3v) is 4.98. The van der Waals surface area contributed by atoms with Crippen molar-refractivity contribution in [2.24, 2.45) is 0 Å². The molecule has 9 nitrogen and oxygen atoms in total. The molecule has 2 amide bonds. The quantitative estimate of drug-likeness (QED) is 0.790. The topological polar surface area (TPSA) is 101 Å². The molecule has 0 aliphatic carbocycles. The average Bonchev–Trinajstić information content (AvgIpc) is 3.22. The molecular weight excluding hydrogens is 374 g/mol. The van der Waals surface area contributed by atoms with Gasteiger partial charge in [0.2, 0.25) is 17.6 Å². The van der Waals surface area contributed by atoms with Gasteiger partial charge in [-0.2, -0.15) is 4.98 Å². The number of hydrogen-bond acceptors (Lipinski definition) is 7. The third-order valence-electron chi connectivity index (χ3n) is 4.98. The minimum atomic E-state index is -0.575. The van der Waals surface area contributed by atoms with Crippen LogP contribution in [0, 0.1) is 6.92 Å². The van der Waals surface area contributed by atoms with E-state index in [0.29, 0.717) is 37.9 Å². The van der Waals surface area contributed by atoms with E-state index in [-0.39, 0.29) is 25.1 Å². The molecule has 9 heteroatoms. The number of rotatable bonds is 6. The summed E-state index contributed by atoms with van der Waals surface area (Å²) >= 11 is 0. The number of nitrogens with one attached hydrogen (secondary N) is 1. The fourth-order valence-corrected chi connectivity index (χ4v) is 3.18. The molecule has 0 saturated carbocycles. The van der Waals surface area contributed by atoms with Gasteiger partial charge in [0, 0.05) is 31.7 Å². The highest BCUT2D eigenvalue weighted by Gasteiger charge is 2.27. The number of benzene rings is 1. The van der Waals surface area contributed by atoms with Gasteiger partial charge in [0.1, 0.15) is 6.54 Å². The van der Waals surface area contributed by atoms with Gasteiger partial charge in [-0.05, 0) is 20.8 Å². The Morgan fingerprint density at radius 2 is 1.90 bits per heavy atom. The second-order valence-corrected chi connectivity index (χ2v) is 6.99. The number of amides is 2. The van der Waals surface area contributed by atoms with Crippen molar-refractivity contribution in [3.63, 3.8) is 0 Å². The predicted octanol–water partition coefficient (Wildman–Crippen LogP) is 2.00. The van der Waals surface area contributed by atoms with Gasteiger partial charge < -0.3 is 19.5 Å². The lowest BCUT2D eigenvalue weighted by atomic mass is 10.1. The summed E-state index contributed by atoms with van der Waals surface area (Å²) < 4.78 is 10.2. The summed E-state index contributed by atoms with van der Waals surface area (Å²) in [6.45, 7) is 8.52. The first-order valence-corrected chi connectivity index (χ1v) is 9.81. The molecule has 1 atom stereocenters. The molecule has 0 radical (unpaired) electrons. The number of carbonyl (C=O) groups is 2. The van der Waals surface area contributed by atoms with Gasteiger partial charge in [0.05, 0.1) is 12.6 Å². The Balaban J connectivity index is 1.51. The zero-order valence-corrected chi connectivity index (χ0v) is 17.1. The van der Waals surface area contributed by atoms with Crippen LogP contribution in [0.2, 0.25) is 0 Å². The van der Waals surface area contributed by atoms with Crippen molar-refractivity contribution in [2.45, 2.75) is 26.8 Å². The van der Waals surface area contributed by atoms with E-state index >= 15 is 0 Å². The largest absolute Gasteiger partial charge is 0.450 e. The van der Waals surface area contributed by atoms with E-state index in [1.807, 2.05) is 38.1 Å². The highest BCUT2D eigenvalue weighted by atomic mass is 16.5. The SMILES string of the molecule is CCOC(=O)NCC(=O)N1CCN([C@H](C)c2nc(-c3ccc(C)cc3)no2)CC1. The van der Waals surface area contributed by atoms with E-state index in [4.69, 9.17) is 9.26 Å². The van der Waals surface area contributed by atoms with Crippen molar-refractivity contribution in [2.75, 3.05) is 39.3 Å². The molecule has 29 heavy (non-hydrogen) atoms. The molecule has 0 spiro atoms. The molecule has 2 aromatic rings.